The largest absolute Gasteiger partial charge is 0.458 e. The zero-order chi connectivity index (χ0) is 22.1. The Kier molecular flexibility index (Phi) is 8.42. The van der Waals surface area contributed by atoms with E-state index in [0.29, 0.717) is 23.7 Å². The number of ether oxygens (including phenoxy) is 2. The second-order valence-corrected chi connectivity index (χ2v) is 7.92. The van der Waals surface area contributed by atoms with Crippen LogP contribution in [0.5, 0.6) is 5.75 Å². The highest BCUT2D eigenvalue weighted by Crippen LogP contribution is 2.35. The molecule has 164 valence electrons. The molecule has 2 aromatic carbocycles. The van der Waals surface area contributed by atoms with Crippen molar-refractivity contribution in [3.63, 3.8) is 0 Å². The van der Waals surface area contributed by atoms with Gasteiger partial charge in [0.15, 0.2) is 0 Å². The SMILES string of the molecule is C=CC(=O)OCc1cc(C(=O)Oc2ccc(CCCO)cc2)ccc1C1CCCCC1. The molecular weight excluding hydrogens is 392 g/mol. The van der Waals surface area contributed by atoms with Crippen LogP contribution in [-0.2, 0) is 22.6 Å². The molecule has 0 bridgehead atoms. The number of carbonyl (C=O) groups is 2. The standard InChI is InChI=1S/C26H30O5/c1-2-25(28)30-18-22-17-21(12-15-24(22)20-8-4-3-5-9-20)26(29)31-23-13-10-19(11-14-23)7-6-16-27/h2,10-15,17,20,27H,1,3-9,16,18H2. The van der Waals surface area contributed by atoms with Crippen LogP contribution in [-0.4, -0.2) is 23.7 Å². The highest BCUT2D eigenvalue weighted by Gasteiger charge is 2.21. The molecule has 5 nitrogen and oxygen atoms in total. The van der Waals surface area contributed by atoms with E-state index in [4.69, 9.17) is 14.6 Å². The van der Waals surface area contributed by atoms with E-state index in [1.54, 1.807) is 24.3 Å². The van der Waals surface area contributed by atoms with E-state index >= 15 is 0 Å². The molecule has 1 fully saturated rings. The van der Waals surface area contributed by atoms with Crippen molar-refractivity contribution in [2.45, 2.75) is 57.5 Å². The van der Waals surface area contributed by atoms with E-state index in [1.807, 2.05) is 18.2 Å². The highest BCUT2D eigenvalue weighted by molar-refractivity contribution is 5.91. The second-order valence-electron chi connectivity index (χ2n) is 7.92. The summed E-state index contributed by atoms with van der Waals surface area (Å²) >= 11 is 0. The van der Waals surface area contributed by atoms with Crippen molar-refractivity contribution >= 4 is 11.9 Å². The van der Waals surface area contributed by atoms with E-state index < -0.39 is 11.9 Å². The Morgan fingerprint density at radius 3 is 2.48 bits per heavy atom. The molecule has 0 saturated heterocycles. The lowest BCUT2D eigenvalue weighted by Gasteiger charge is -2.24. The van der Waals surface area contributed by atoms with Crippen molar-refractivity contribution in [3.8, 4) is 5.75 Å². The second kappa shape index (κ2) is 11.5. The summed E-state index contributed by atoms with van der Waals surface area (Å²) < 4.78 is 10.8. The molecule has 0 amide bonds. The summed E-state index contributed by atoms with van der Waals surface area (Å²) in [7, 11) is 0. The first-order valence-electron chi connectivity index (χ1n) is 10.9. The molecule has 0 spiro atoms. The summed E-state index contributed by atoms with van der Waals surface area (Å²) in [5.74, 6) is -0.0464. The highest BCUT2D eigenvalue weighted by atomic mass is 16.5. The first kappa shape index (κ1) is 22.8. The van der Waals surface area contributed by atoms with Crippen molar-refractivity contribution < 1.29 is 24.2 Å². The number of esters is 2. The zero-order valence-corrected chi connectivity index (χ0v) is 17.8. The van der Waals surface area contributed by atoms with Crippen molar-refractivity contribution in [1.82, 2.24) is 0 Å². The van der Waals surface area contributed by atoms with Gasteiger partial charge in [-0.2, -0.15) is 0 Å². The predicted molar refractivity (Wildman–Crippen MR) is 119 cm³/mol. The first-order valence-corrected chi connectivity index (χ1v) is 10.9. The van der Waals surface area contributed by atoms with Gasteiger partial charge in [0, 0.05) is 12.7 Å². The van der Waals surface area contributed by atoms with Crippen LogP contribution in [0.2, 0.25) is 0 Å². The number of carbonyl (C=O) groups excluding carboxylic acids is 2. The van der Waals surface area contributed by atoms with Gasteiger partial charge in [-0.05, 0) is 72.6 Å². The molecule has 0 aliphatic heterocycles. The average Bonchev–Trinajstić information content (AvgIpc) is 2.82. The maximum Gasteiger partial charge on any atom is 0.343 e. The van der Waals surface area contributed by atoms with Gasteiger partial charge in [0.1, 0.15) is 12.4 Å². The molecule has 2 aromatic rings. The first-order chi connectivity index (χ1) is 15.1. The third-order valence-corrected chi connectivity index (χ3v) is 5.72. The Balaban J connectivity index is 1.75. The Labute approximate surface area is 183 Å². The smallest absolute Gasteiger partial charge is 0.343 e. The topological polar surface area (TPSA) is 72.8 Å². The Bertz CT molecular complexity index is 895. The molecule has 1 aliphatic carbocycles. The summed E-state index contributed by atoms with van der Waals surface area (Å²) in [4.78, 5) is 24.3. The Hall–Kier alpha value is -2.92. The fraction of sp³-hybridized carbons (Fsp3) is 0.385. The van der Waals surface area contributed by atoms with Gasteiger partial charge in [-0.1, -0.05) is 44.0 Å². The fourth-order valence-corrected chi connectivity index (χ4v) is 4.05. The van der Waals surface area contributed by atoms with Crippen LogP contribution >= 0.6 is 0 Å². The Morgan fingerprint density at radius 1 is 1.06 bits per heavy atom. The normalized spacial score (nSPS) is 14.1. The fourth-order valence-electron chi connectivity index (χ4n) is 4.05. The maximum absolute atomic E-state index is 12.7. The van der Waals surface area contributed by atoms with Gasteiger partial charge in [0.05, 0.1) is 5.56 Å². The lowest BCUT2D eigenvalue weighted by molar-refractivity contribution is -0.139. The van der Waals surface area contributed by atoms with Gasteiger partial charge in [-0.3, -0.25) is 0 Å². The molecule has 5 heteroatoms. The number of aliphatic hydroxyl groups excluding tert-OH is 1. The monoisotopic (exact) mass is 422 g/mol. The molecular formula is C26H30O5. The molecule has 0 heterocycles. The molecule has 1 N–H and O–H groups in total. The molecule has 3 rings (SSSR count). The minimum absolute atomic E-state index is 0.108. The van der Waals surface area contributed by atoms with Gasteiger partial charge in [0.2, 0.25) is 0 Å². The van der Waals surface area contributed by atoms with Gasteiger partial charge in [-0.15, -0.1) is 0 Å². The zero-order valence-electron chi connectivity index (χ0n) is 17.8. The van der Waals surface area contributed by atoms with Crippen LogP contribution in [0.3, 0.4) is 0 Å². The van der Waals surface area contributed by atoms with E-state index in [9.17, 15) is 9.59 Å². The van der Waals surface area contributed by atoms with E-state index in [-0.39, 0.29) is 13.2 Å². The number of aliphatic hydroxyl groups is 1. The van der Waals surface area contributed by atoms with E-state index in [0.717, 1.165) is 42.0 Å². The van der Waals surface area contributed by atoms with Crippen molar-refractivity contribution in [2.24, 2.45) is 0 Å². The number of aryl methyl sites for hydroxylation is 1. The van der Waals surface area contributed by atoms with Gasteiger partial charge < -0.3 is 14.6 Å². The maximum atomic E-state index is 12.7. The number of hydrogen-bond donors (Lipinski definition) is 1. The van der Waals surface area contributed by atoms with Crippen LogP contribution in [0.25, 0.3) is 0 Å². The van der Waals surface area contributed by atoms with Crippen LogP contribution in [0.15, 0.2) is 55.1 Å². The molecule has 0 atom stereocenters. The molecule has 31 heavy (non-hydrogen) atoms. The van der Waals surface area contributed by atoms with E-state index in [2.05, 4.69) is 6.58 Å². The third kappa shape index (κ3) is 6.53. The van der Waals surface area contributed by atoms with Crippen molar-refractivity contribution in [2.75, 3.05) is 6.61 Å². The lowest BCUT2D eigenvalue weighted by atomic mass is 9.82. The van der Waals surface area contributed by atoms with Crippen molar-refractivity contribution in [1.29, 1.82) is 0 Å². The average molecular weight is 423 g/mol. The van der Waals surface area contributed by atoms with Crippen LogP contribution in [0.1, 0.15) is 71.5 Å². The van der Waals surface area contributed by atoms with Crippen LogP contribution in [0.4, 0.5) is 0 Å². The Morgan fingerprint density at radius 2 is 1.81 bits per heavy atom. The van der Waals surface area contributed by atoms with Crippen LogP contribution in [0, 0.1) is 0 Å². The van der Waals surface area contributed by atoms with Crippen LogP contribution < -0.4 is 4.74 Å². The minimum atomic E-state index is -0.483. The number of hydrogen-bond acceptors (Lipinski definition) is 5. The summed E-state index contributed by atoms with van der Waals surface area (Å²) in [6, 6.07) is 12.8. The molecule has 0 radical (unpaired) electrons. The van der Waals surface area contributed by atoms with Gasteiger partial charge in [0.25, 0.3) is 0 Å². The van der Waals surface area contributed by atoms with Gasteiger partial charge >= 0.3 is 11.9 Å². The number of rotatable bonds is 9. The van der Waals surface area contributed by atoms with Gasteiger partial charge in [-0.25, -0.2) is 9.59 Å². The molecule has 1 saturated carbocycles. The quantitative estimate of drug-likeness (QED) is 0.345. The summed E-state index contributed by atoms with van der Waals surface area (Å²) in [5.41, 5.74) is 3.49. The summed E-state index contributed by atoms with van der Waals surface area (Å²) in [6.07, 6.45) is 8.46. The molecule has 0 aromatic heterocycles. The lowest BCUT2D eigenvalue weighted by Crippen LogP contribution is -2.13. The summed E-state index contributed by atoms with van der Waals surface area (Å²) in [5, 5.41) is 8.93. The van der Waals surface area contributed by atoms with Crippen molar-refractivity contribution in [3.05, 3.63) is 77.4 Å². The summed E-state index contributed by atoms with van der Waals surface area (Å²) in [6.45, 7) is 3.70. The third-order valence-electron chi connectivity index (χ3n) is 5.72. The number of benzene rings is 2. The minimum Gasteiger partial charge on any atom is -0.458 e. The molecule has 1 aliphatic rings. The van der Waals surface area contributed by atoms with E-state index in [1.165, 1.54) is 19.3 Å². The molecule has 0 unspecified atom stereocenters. The predicted octanol–water partition coefficient (Wildman–Crippen LogP) is 5.11.